The van der Waals surface area contributed by atoms with E-state index in [0.717, 1.165) is 56.8 Å². The van der Waals surface area contributed by atoms with Crippen LogP contribution in [0.3, 0.4) is 0 Å². The number of nitrogens with zero attached hydrogens (tertiary/aromatic N) is 4. The molecule has 2 aliphatic heterocycles. The maximum absolute atomic E-state index is 12.8. The molecule has 0 spiro atoms. The fraction of sp³-hybridized carbons (Fsp3) is 0.714. The number of carbonyl (C=O) groups is 1. The van der Waals surface area contributed by atoms with Crippen LogP contribution in [0, 0.1) is 0 Å². The van der Waals surface area contributed by atoms with Crippen LogP contribution in [-0.2, 0) is 6.42 Å². The predicted molar refractivity (Wildman–Crippen MR) is 105 cm³/mol. The number of amides is 1. The lowest BCUT2D eigenvalue weighted by Gasteiger charge is -2.37. The Hall–Kier alpha value is -1.46. The molecule has 5 heteroatoms. The smallest absolute Gasteiger partial charge is 0.254 e. The summed E-state index contributed by atoms with van der Waals surface area (Å²) in [6.07, 6.45) is 7.94. The molecular formula is C21H34N4O. The summed E-state index contributed by atoms with van der Waals surface area (Å²) in [5.74, 6) is 0.160. The fourth-order valence-corrected chi connectivity index (χ4v) is 4.04. The summed E-state index contributed by atoms with van der Waals surface area (Å²) >= 11 is 0. The summed E-state index contributed by atoms with van der Waals surface area (Å²) < 4.78 is 0. The first-order chi connectivity index (χ1) is 12.6. The molecule has 26 heavy (non-hydrogen) atoms. The number of rotatable bonds is 6. The molecule has 3 heterocycles. The van der Waals surface area contributed by atoms with Gasteiger partial charge in [0.1, 0.15) is 0 Å². The van der Waals surface area contributed by atoms with Gasteiger partial charge in [-0.1, -0.05) is 6.42 Å². The Bertz CT molecular complexity index is 575. The van der Waals surface area contributed by atoms with E-state index in [9.17, 15) is 4.79 Å². The minimum Gasteiger partial charge on any atom is -0.336 e. The van der Waals surface area contributed by atoms with E-state index in [2.05, 4.69) is 28.6 Å². The Balaban J connectivity index is 1.49. The zero-order valence-corrected chi connectivity index (χ0v) is 16.5. The minimum atomic E-state index is 0.160. The molecule has 3 rings (SSSR count). The summed E-state index contributed by atoms with van der Waals surface area (Å²) in [6.45, 7) is 11.7. The summed E-state index contributed by atoms with van der Waals surface area (Å²) in [4.78, 5) is 24.3. The number of aryl methyl sites for hydroxylation is 1. The molecule has 0 saturated carbocycles. The normalized spacial score (nSPS) is 19.9. The van der Waals surface area contributed by atoms with Gasteiger partial charge in [-0.3, -0.25) is 14.7 Å². The highest BCUT2D eigenvalue weighted by atomic mass is 16.2. The standard InChI is InChI=1S/C21H34N4O/c1-18(2)24-13-15-25(16-14-24)21(26)19-8-9-22-20(17-19)7-6-12-23-10-4-3-5-11-23/h8-9,17-18H,3-7,10-16H2,1-2H3. The Labute approximate surface area is 158 Å². The van der Waals surface area contributed by atoms with Gasteiger partial charge in [0.15, 0.2) is 0 Å². The zero-order chi connectivity index (χ0) is 18.4. The fourth-order valence-electron chi connectivity index (χ4n) is 4.04. The van der Waals surface area contributed by atoms with E-state index in [1.807, 2.05) is 17.0 Å². The van der Waals surface area contributed by atoms with E-state index in [4.69, 9.17) is 0 Å². The molecule has 2 fully saturated rings. The van der Waals surface area contributed by atoms with Crippen molar-refractivity contribution in [3.05, 3.63) is 29.6 Å². The first-order valence-electron chi connectivity index (χ1n) is 10.3. The third kappa shape index (κ3) is 5.27. The van der Waals surface area contributed by atoms with Crippen LogP contribution in [-0.4, -0.2) is 77.4 Å². The number of piperazine rings is 1. The summed E-state index contributed by atoms with van der Waals surface area (Å²) in [7, 11) is 0. The first kappa shape index (κ1) is 19.3. The van der Waals surface area contributed by atoms with Crippen molar-refractivity contribution >= 4 is 5.91 Å². The Morgan fingerprint density at radius 1 is 1.08 bits per heavy atom. The van der Waals surface area contributed by atoms with Crippen molar-refractivity contribution in [3.8, 4) is 0 Å². The van der Waals surface area contributed by atoms with Gasteiger partial charge in [0.25, 0.3) is 5.91 Å². The molecule has 1 amide bonds. The predicted octanol–water partition coefficient (Wildman–Crippen LogP) is 2.67. The van der Waals surface area contributed by atoms with Gasteiger partial charge in [-0.15, -0.1) is 0 Å². The van der Waals surface area contributed by atoms with Crippen LogP contribution in [0.25, 0.3) is 0 Å². The number of carbonyl (C=O) groups excluding carboxylic acids is 1. The molecule has 0 radical (unpaired) electrons. The van der Waals surface area contributed by atoms with Crippen molar-refractivity contribution in [2.75, 3.05) is 45.8 Å². The van der Waals surface area contributed by atoms with Crippen molar-refractivity contribution in [1.82, 2.24) is 19.7 Å². The van der Waals surface area contributed by atoms with Gasteiger partial charge in [0, 0.05) is 49.7 Å². The highest BCUT2D eigenvalue weighted by Gasteiger charge is 2.23. The molecule has 0 atom stereocenters. The number of piperidine rings is 1. The average molecular weight is 359 g/mol. The number of hydrogen-bond donors (Lipinski definition) is 0. The second-order valence-corrected chi connectivity index (χ2v) is 7.96. The van der Waals surface area contributed by atoms with Crippen molar-refractivity contribution in [1.29, 1.82) is 0 Å². The Morgan fingerprint density at radius 3 is 2.50 bits per heavy atom. The summed E-state index contributed by atoms with van der Waals surface area (Å²) in [5.41, 5.74) is 1.85. The molecule has 1 aromatic heterocycles. The van der Waals surface area contributed by atoms with E-state index < -0.39 is 0 Å². The van der Waals surface area contributed by atoms with Crippen LogP contribution < -0.4 is 0 Å². The summed E-state index contributed by atoms with van der Waals surface area (Å²) in [6, 6.07) is 4.43. The van der Waals surface area contributed by atoms with E-state index in [-0.39, 0.29) is 5.91 Å². The van der Waals surface area contributed by atoms with Crippen LogP contribution in [0.4, 0.5) is 0 Å². The van der Waals surface area contributed by atoms with E-state index in [1.165, 1.54) is 32.4 Å². The molecule has 0 unspecified atom stereocenters. The number of pyridine rings is 1. The van der Waals surface area contributed by atoms with Crippen molar-refractivity contribution in [2.45, 2.75) is 52.0 Å². The molecule has 0 N–H and O–H groups in total. The van der Waals surface area contributed by atoms with Gasteiger partial charge in [0.05, 0.1) is 0 Å². The molecule has 5 nitrogen and oxygen atoms in total. The monoisotopic (exact) mass is 358 g/mol. The van der Waals surface area contributed by atoms with Crippen LogP contribution in [0.15, 0.2) is 18.3 Å². The molecule has 1 aromatic rings. The van der Waals surface area contributed by atoms with Gasteiger partial charge in [-0.05, 0) is 71.3 Å². The van der Waals surface area contributed by atoms with E-state index in [0.29, 0.717) is 6.04 Å². The third-order valence-corrected chi connectivity index (χ3v) is 5.75. The van der Waals surface area contributed by atoms with E-state index >= 15 is 0 Å². The second kappa shape index (κ2) is 9.47. The molecular weight excluding hydrogens is 324 g/mol. The third-order valence-electron chi connectivity index (χ3n) is 5.75. The molecule has 144 valence electrons. The maximum atomic E-state index is 12.8. The first-order valence-corrected chi connectivity index (χ1v) is 10.3. The topological polar surface area (TPSA) is 39.7 Å². The molecule has 0 aromatic carbocycles. The van der Waals surface area contributed by atoms with Gasteiger partial charge >= 0.3 is 0 Å². The van der Waals surface area contributed by atoms with Crippen molar-refractivity contribution in [3.63, 3.8) is 0 Å². The largest absolute Gasteiger partial charge is 0.336 e. The SMILES string of the molecule is CC(C)N1CCN(C(=O)c2ccnc(CCCN3CCCCC3)c2)CC1. The van der Waals surface area contributed by atoms with Crippen LogP contribution in [0.2, 0.25) is 0 Å². The molecule has 2 aliphatic rings. The maximum Gasteiger partial charge on any atom is 0.254 e. The lowest BCUT2D eigenvalue weighted by molar-refractivity contribution is 0.0595. The van der Waals surface area contributed by atoms with Gasteiger partial charge < -0.3 is 9.80 Å². The quantitative estimate of drug-likeness (QED) is 0.784. The van der Waals surface area contributed by atoms with Gasteiger partial charge in [-0.2, -0.15) is 0 Å². The molecule has 2 saturated heterocycles. The van der Waals surface area contributed by atoms with Crippen LogP contribution in [0.1, 0.15) is 55.6 Å². The van der Waals surface area contributed by atoms with Gasteiger partial charge in [0.2, 0.25) is 0 Å². The lowest BCUT2D eigenvalue weighted by atomic mass is 10.1. The molecule has 0 aliphatic carbocycles. The summed E-state index contributed by atoms with van der Waals surface area (Å²) in [5, 5.41) is 0. The highest BCUT2D eigenvalue weighted by molar-refractivity contribution is 5.94. The number of hydrogen-bond acceptors (Lipinski definition) is 4. The lowest BCUT2D eigenvalue weighted by Crippen LogP contribution is -2.50. The minimum absolute atomic E-state index is 0.160. The van der Waals surface area contributed by atoms with Crippen molar-refractivity contribution < 1.29 is 4.79 Å². The zero-order valence-electron chi connectivity index (χ0n) is 16.5. The van der Waals surface area contributed by atoms with Gasteiger partial charge in [-0.25, -0.2) is 0 Å². The Morgan fingerprint density at radius 2 is 1.81 bits per heavy atom. The second-order valence-electron chi connectivity index (χ2n) is 7.96. The average Bonchev–Trinajstić information content (AvgIpc) is 2.68. The highest BCUT2D eigenvalue weighted by Crippen LogP contribution is 2.13. The van der Waals surface area contributed by atoms with Crippen molar-refractivity contribution in [2.24, 2.45) is 0 Å². The number of likely N-dealkylation sites (tertiary alicyclic amines) is 1. The van der Waals surface area contributed by atoms with Crippen LogP contribution in [0.5, 0.6) is 0 Å². The van der Waals surface area contributed by atoms with Crippen LogP contribution >= 0.6 is 0 Å². The molecule has 0 bridgehead atoms. The van der Waals surface area contributed by atoms with E-state index in [1.54, 1.807) is 6.20 Å². The number of aromatic nitrogens is 1. The Kier molecular flexibility index (Phi) is 7.03.